The number of hydrogen-bond donors (Lipinski definition) is 0. The molecule has 0 unspecified atom stereocenters. The lowest BCUT2D eigenvalue weighted by Gasteiger charge is -2.00. The minimum atomic E-state index is 0.387. The highest BCUT2D eigenvalue weighted by atomic mass is 35.5. The first-order valence-electron chi connectivity index (χ1n) is 3.91. The van der Waals surface area contributed by atoms with Gasteiger partial charge >= 0.3 is 0 Å². The molecule has 2 rings (SSSR count). The van der Waals surface area contributed by atoms with E-state index in [2.05, 4.69) is 9.97 Å². The summed E-state index contributed by atoms with van der Waals surface area (Å²) in [5, 5.41) is 0.406. The zero-order chi connectivity index (χ0) is 9.97. The third-order valence-corrected chi connectivity index (χ3v) is 1.94. The Morgan fingerprint density at radius 3 is 2.93 bits per heavy atom. The van der Waals surface area contributed by atoms with Gasteiger partial charge in [-0.3, -0.25) is 4.79 Å². The van der Waals surface area contributed by atoms with Crippen LogP contribution >= 0.6 is 11.6 Å². The lowest BCUT2D eigenvalue weighted by atomic mass is 10.4. The molecule has 0 aliphatic carbocycles. The van der Waals surface area contributed by atoms with Crippen LogP contribution in [-0.4, -0.2) is 20.8 Å². The van der Waals surface area contributed by atoms with E-state index in [1.54, 1.807) is 35.4 Å². The monoisotopic (exact) mass is 207 g/mol. The average molecular weight is 208 g/mol. The fraction of sp³-hybridized carbons (Fsp3) is 0. The van der Waals surface area contributed by atoms with Crippen molar-refractivity contribution >= 4 is 17.9 Å². The van der Waals surface area contributed by atoms with E-state index in [0.717, 1.165) is 5.69 Å². The first-order valence-corrected chi connectivity index (χ1v) is 4.28. The van der Waals surface area contributed by atoms with Crippen molar-refractivity contribution in [3.63, 3.8) is 0 Å². The van der Waals surface area contributed by atoms with Gasteiger partial charge in [-0.05, 0) is 12.1 Å². The first-order chi connectivity index (χ1) is 6.79. The van der Waals surface area contributed by atoms with Crippen molar-refractivity contribution in [1.82, 2.24) is 14.5 Å². The summed E-state index contributed by atoms with van der Waals surface area (Å²) in [4.78, 5) is 18.1. The SMILES string of the molecule is O=Cc1cn(-c2ccnc(Cl)c2)cn1. The number of imidazole rings is 1. The average Bonchev–Trinajstić information content (AvgIpc) is 2.66. The Labute approximate surface area is 85.2 Å². The van der Waals surface area contributed by atoms with Crippen LogP contribution in [0.15, 0.2) is 30.9 Å². The highest BCUT2D eigenvalue weighted by molar-refractivity contribution is 6.29. The molecule has 5 heteroatoms. The van der Waals surface area contributed by atoms with Crippen LogP contribution in [0.25, 0.3) is 5.69 Å². The molecule has 0 aliphatic rings. The number of carbonyl (C=O) groups excluding carboxylic acids is 1. The lowest BCUT2D eigenvalue weighted by Crippen LogP contribution is -1.90. The van der Waals surface area contributed by atoms with E-state index in [0.29, 0.717) is 17.1 Å². The molecule has 4 nitrogen and oxygen atoms in total. The third kappa shape index (κ3) is 1.65. The molecule has 2 aromatic rings. The quantitative estimate of drug-likeness (QED) is 0.557. The van der Waals surface area contributed by atoms with Crippen LogP contribution in [0.2, 0.25) is 5.15 Å². The van der Waals surface area contributed by atoms with Gasteiger partial charge in [-0.15, -0.1) is 0 Å². The fourth-order valence-electron chi connectivity index (χ4n) is 1.09. The predicted molar refractivity (Wildman–Crippen MR) is 51.8 cm³/mol. The number of halogens is 1. The van der Waals surface area contributed by atoms with Crippen LogP contribution in [0.4, 0.5) is 0 Å². The van der Waals surface area contributed by atoms with Gasteiger partial charge in [0.2, 0.25) is 0 Å². The summed E-state index contributed by atoms with van der Waals surface area (Å²) in [6.07, 6.45) is 5.46. The number of pyridine rings is 1. The van der Waals surface area contributed by atoms with Gasteiger partial charge in [0.25, 0.3) is 0 Å². The molecule has 0 saturated carbocycles. The van der Waals surface area contributed by atoms with E-state index in [9.17, 15) is 4.79 Å². The molecule has 0 fully saturated rings. The number of carbonyl (C=O) groups is 1. The third-order valence-electron chi connectivity index (χ3n) is 1.73. The van der Waals surface area contributed by atoms with Gasteiger partial charge in [-0.1, -0.05) is 11.6 Å². The zero-order valence-corrected chi connectivity index (χ0v) is 7.85. The Morgan fingerprint density at radius 1 is 1.43 bits per heavy atom. The van der Waals surface area contributed by atoms with Crippen molar-refractivity contribution in [2.45, 2.75) is 0 Å². The second-order valence-corrected chi connectivity index (χ2v) is 3.05. The summed E-state index contributed by atoms with van der Waals surface area (Å²) in [6, 6.07) is 3.47. The topological polar surface area (TPSA) is 47.8 Å². The van der Waals surface area contributed by atoms with Gasteiger partial charge in [0.1, 0.15) is 17.2 Å². The molecular formula is C9H6ClN3O. The molecule has 0 aliphatic heterocycles. The molecule has 0 radical (unpaired) electrons. The summed E-state index contributed by atoms with van der Waals surface area (Å²) >= 11 is 5.72. The summed E-state index contributed by atoms with van der Waals surface area (Å²) in [5.41, 5.74) is 1.21. The molecule has 70 valence electrons. The van der Waals surface area contributed by atoms with Gasteiger partial charge in [0.15, 0.2) is 6.29 Å². The molecule has 0 aromatic carbocycles. The molecule has 0 saturated heterocycles. The van der Waals surface area contributed by atoms with Crippen LogP contribution in [0.1, 0.15) is 10.5 Å². The number of hydrogen-bond acceptors (Lipinski definition) is 3. The predicted octanol–water partition coefficient (Wildman–Crippen LogP) is 1.73. The van der Waals surface area contributed by atoms with E-state index < -0.39 is 0 Å². The van der Waals surface area contributed by atoms with Gasteiger partial charge in [0, 0.05) is 12.4 Å². The molecule has 0 N–H and O–H groups in total. The smallest absolute Gasteiger partial charge is 0.170 e. The molecular weight excluding hydrogens is 202 g/mol. The number of aldehydes is 1. The molecule has 2 heterocycles. The zero-order valence-electron chi connectivity index (χ0n) is 7.09. The van der Waals surface area contributed by atoms with Crippen LogP contribution in [0.3, 0.4) is 0 Å². The second-order valence-electron chi connectivity index (χ2n) is 2.66. The molecule has 0 atom stereocenters. The van der Waals surface area contributed by atoms with Crippen molar-refractivity contribution in [3.8, 4) is 5.69 Å². The molecule has 2 aromatic heterocycles. The summed E-state index contributed by atoms with van der Waals surface area (Å²) in [5.74, 6) is 0. The highest BCUT2D eigenvalue weighted by Gasteiger charge is 2.00. The normalized spacial score (nSPS) is 10.1. The van der Waals surface area contributed by atoms with E-state index in [-0.39, 0.29) is 0 Å². The van der Waals surface area contributed by atoms with Crippen LogP contribution in [0.5, 0.6) is 0 Å². The fourth-order valence-corrected chi connectivity index (χ4v) is 1.26. The van der Waals surface area contributed by atoms with Crippen molar-refractivity contribution < 1.29 is 4.79 Å². The summed E-state index contributed by atoms with van der Waals surface area (Å²) in [6.45, 7) is 0. The van der Waals surface area contributed by atoms with Gasteiger partial charge in [-0.25, -0.2) is 9.97 Å². The lowest BCUT2D eigenvalue weighted by molar-refractivity contribution is 0.111. The van der Waals surface area contributed by atoms with Crippen molar-refractivity contribution in [2.24, 2.45) is 0 Å². The van der Waals surface area contributed by atoms with Crippen molar-refractivity contribution in [1.29, 1.82) is 0 Å². The van der Waals surface area contributed by atoms with Gasteiger partial charge in [0.05, 0.1) is 5.69 Å². The Hall–Kier alpha value is -1.68. The van der Waals surface area contributed by atoms with Gasteiger partial charge < -0.3 is 4.57 Å². The molecule has 0 amide bonds. The van der Waals surface area contributed by atoms with Crippen molar-refractivity contribution in [3.05, 3.63) is 41.7 Å². The van der Waals surface area contributed by atoms with Crippen LogP contribution in [0, 0.1) is 0 Å². The largest absolute Gasteiger partial charge is 0.305 e. The maximum absolute atomic E-state index is 10.4. The molecule has 14 heavy (non-hydrogen) atoms. The Balaban J connectivity index is 2.43. The maximum Gasteiger partial charge on any atom is 0.170 e. The standard InChI is InChI=1S/C9H6ClN3O/c10-9-3-8(1-2-11-9)13-4-7(5-14)12-6-13/h1-6H. The Bertz CT molecular complexity index is 467. The van der Waals surface area contributed by atoms with Crippen LogP contribution in [-0.2, 0) is 0 Å². The summed E-state index contributed by atoms with van der Waals surface area (Å²) in [7, 11) is 0. The first kappa shape index (κ1) is 8.90. The maximum atomic E-state index is 10.4. The Morgan fingerprint density at radius 2 is 2.29 bits per heavy atom. The summed E-state index contributed by atoms with van der Waals surface area (Å²) < 4.78 is 1.71. The van der Waals surface area contributed by atoms with E-state index in [1.807, 2.05) is 0 Å². The highest BCUT2D eigenvalue weighted by Crippen LogP contribution is 2.11. The number of aromatic nitrogens is 3. The Kier molecular flexibility index (Phi) is 2.28. The number of nitrogens with zero attached hydrogens (tertiary/aromatic N) is 3. The van der Waals surface area contributed by atoms with Crippen molar-refractivity contribution in [2.75, 3.05) is 0 Å². The van der Waals surface area contributed by atoms with E-state index >= 15 is 0 Å². The van der Waals surface area contributed by atoms with E-state index in [4.69, 9.17) is 11.6 Å². The minimum Gasteiger partial charge on any atom is -0.305 e. The molecule has 0 bridgehead atoms. The number of rotatable bonds is 2. The van der Waals surface area contributed by atoms with E-state index in [1.165, 1.54) is 0 Å². The minimum absolute atomic E-state index is 0.387. The van der Waals surface area contributed by atoms with Crippen LogP contribution < -0.4 is 0 Å². The van der Waals surface area contributed by atoms with Gasteiger partial charge in [-0.2, -0.15) is 0 Å². The molecule has 0 spiro atoms. The second kappa shape index (κ2) is 3.59.